The molecule has 1 heterocycles. The number of carbonyl (C=O) groups is 2. The number of amides is 2. The molecule has 5 aliphatic rings. The Labute approximate surface area is 203 Å². The summed E-state index contributed by atoms with van der Waals surface area (Å²) in [5, 5.41) is 6.72. The normalized spacial score (nSPS) is 33.1. The number of benzene rings is 1. The van der Waals surface area contributed by atoms with Gasteiger partial charge < -0.3 is 15.5 Å². The number of nitrogens with one attached hydrogen (secondary N) is 2. The van der Waals surface area contributed by atoms with Crippen molar-refractivity contribution in [3.05, 3.63) is 35.4 Å². The molecule has 2 amide bonds. The fourth-order valence-corrected chi connectivity index (χ4v) is 7.69. The highest BCUT2D eigenvalue weighted by Gasteiger charge is 2.71. The molecule has 34 heavy (non-hydrogen) atoms. The molecule has 6 nitrogen and oxygen atoms in total. The summed E-state index contributed by atoms with van der Waals surface area (Å²) in [6.45, 7) is 8.00. The molecule has 1 aromatic rings. The second-order valence-electron chi connectivity index (χ2n) is 11.9. The van der Waals surface area contributed by atoms with E-state index in [1.165, 1.54) is 24.0 Å². The van der Waals surface area contributed by atoms with Crippen molar-refractivity contribution in [2.24, 2.45) is 29.1 Å². The van der Waals surface area contributed by atoms with Crippen molar-refractivity contribution in [2.45, 2.75) is 51.0 Å². The summed E-state index contributed by atoms with van der Waals surface area (Å²) in [5.41, 5.74) is 2.51. The minimum Gasteiger partial charge on any atom is -0.355 e. The Morgan fingerprint density at radius 3 is 2.12 bits per heavy atom. The highest BCUT2D eigenvalue weighted by atomic mass is 16.2. The summed E-state index contributed by atoms with van der Waals surface area (Å²) in [6, 6.07) is 8.59. The summed E-state index contributed by atoms with van der Waals surface area (Å²) in [6.07, 6.45) is 6.64. The summed E-state index contributed by atoms with van der Waals surface area (Å²) in [4.78, 5) is 32.1. The minimum atomic E-state index is -0.216. The molecule has 2 bridgehead atoms. The molecule has 4 unspecified atom stereocenters. The van der Waals surface area contributed by atoms with Crippen LogP contribution in [0.25, 0.3) is 0 Å². The van der Waals surface area contributed by atoms with Crippen molar-refractivity contribution in [2.75, 3.05) is 46.3 Å². The Morgan fingerprint density at radius 1 is 0.912 bits per heavy atom. The third-order valence-electron chi connectivity index (χ3n) is 9.99. The van der Waals surface area contributed by atoms with Gasteiger partial charge in [-0.3, -0.25) is 14.5 Å². The van der Waals surface area contributed by atoms with Gasteiger partial charge in [0.1, 0.15) is 0 Å². The largest absolute Gasteiger partial charge is 0.355 e. The molecule has 4 saturated carbocycles. The van der Waals surface area contributed by atoms with E-state index in [0.717, 1.165) is 58.4 Å². The van der Waals surface area contributed by atoms with Gasteiger partial charge >= 0.3 is 0 Å². The zero-order chi connectivity index (χ0) is 23.5. The quantitative estimate of drug-likeness (QED) is 0.651. The summed E-state index contributed by atoms with van der Waals surface area (Å²) in [5.74, 6) is 0.741. The summed E-state index contributed by atoms with van der Waals surface area (Å²) in [7, 11) is 2.16. The Hall–Kier alpha value is -1.92. The van der Waals surface area contributed by atoms with Crippen LogP contribution in [0.15, 0.2) is 24.3 Å². The first-order chi connectivity index (χ1) is 16.4. The predicted octanol–water partition coefficient (Wildman–Crippen LogP) is 2.52. The fraction of sp³-hybridized carbons (Fsp3) is 0.714. The van der Waals surface area contributed by atoms with Crippen molar-refractivity contribution >= 4 is 11.8 Å². The van der Waals surface area contributed by atoms with Crippen LogP contribution in [0.5, 0.6) is 0 Å². The average molecular weight is 465 g/mol. The van der Waals surface area contributed by atoms with Crippen LogP contribution < -0.4 is 10.6 Å². The van der Waals surface area contributed by atoms with E-state index in [1.807, 2.05) is 0 Å². The molecule has 6 rings (SSSR count). The highest BCUT2D eigenvalue weighted by Crippen LogP contribution is 2.74. The number of nitrogens with zero attached hydrogens (tertiary/aromatic N) is 2. The molecule has 5 fully saturated rings. The van der Waals surface area contributed by atoms with Crippen LogP contribution in [-0.2, 0) is 15.1 Å². The first-order valence-corrected chi connectivity index (χ1v) is 13.5. The van der Waals surface area contributed by atoms with Crippen LogP contribution in [0, 0.1) is 36.0 Å². The molecule has 2 N–H and O–H groups in total. The van der Waals surface area contributed by atoms with Gasteiger partial charge in [0, 0.05) is 39.3 Å². The van der Waals surface area contributed by atoms with Crippen LogP contribution in [0.4, 0.5) is 0 Å². The molecule has 184 valence electrons. The molecule has 0 aromatic heterocycles. The van der Waals surface area contributed by atoms with E-state index in [0.29, 0.717) is 18.4 Å². The second-order valence-corrected chi connectivity index (χ2v) is 11.9. The lowest BCUT2D eigenvalue weighted by atomic mass is 9.78. The number of aryl methyl sites for hydroxylation is 1. The monoisotopic (exact) mass is 464 g/mol. The van der Waals surface area contributed by atoms with Gasteiger partial charge in [-0.1, -0.05) is 29.8 Å². The van der Waals surface area contributed by atoms with Gasteiger partial charge in [-0.25, -0.2) is 0 Å². The molecular formula is C28H40N4O2. The number of carbonyl (C=O) groups excluding carboxylic acids is 2. The van der Waals surface area contributed by atoms with Crippen molar-refractivity contribution in [1.29, 1.82) is 0 Å². The van der Waals surface area contributed by atoms with E-state index < -0.39 is 0 Å². The maximum atomic E-state index is 13.8. The lowest BCUT2D eigenvalue weighted by Crippen LogP contribution is -2.50. The highest BCUT2D eigenvalue weighted by molar-refractivity contribution is 5.90. The van der Waals surface area contributed by atoms with Gasteiger partial charge in [0.05, 0.1) is 17.4 Å². The lowest BCUT2D eigenvalue weighted by molar-refractivity contribution is -0.137. The average Bonchev–Trinajstić information content (AvgIpc) is 3.73. The van der Waals surface area contributed by atoms with Crippen LogP contribution in [0.2, 0.25) is 0 Å². The van der Waals surface area contributed by atoms with Crippen molar-refractivity contribution < 1.29 is 9.59 Å². The van der Waals surface area contributed by atoms with E-state index in [9.17, 15) is 9.59 Å². The van der Waals surface area contributed by atoms with E-state index in [4.69, 9.17) is 0 Å². The number of hydrogen-bond acceptors (Lipinski definition) is 4. The third kappa shape index (κ3) is 3.78. The van der Waals surface area contributed by atoms with Gasteiger partial charge in [-0.15, -0.1) is 0 Å². The maximum absolute atomic E-state index is 13.8. The molecule has 1 saturated heterocycles. The Morgan fingerprint density at radius 2 is 1.53 bits per heavy atom. The van der Waals surface area contributed by atoms with Crippen molar-refractivity contribution in [1.82, 2.24) is 20.4 Å². The zero-order valence-corrected chi connectivity index (χ0v) is 20.8. The van der Waals surface area contributed by atoms with E-state index in [-0.39, 0.29) is 34.6 Å². The van der Waals surface area contributed by atoms with E-state index >= 15 is 0 Å². The Balaban J connectivity index is 1.13. The van der Waals surface area contributed by atoms with Gasteiger partial charge in [0.2, 0.25) is 11.8 Å². The fourth-order valence-electron chi connectivity index (χ4n) is 7.69. The Kier molecular flexibility index (Phi) is 5.53. The zero-order valence-electron chi connectivity index (χ0n) is 20.8. The SMILES string of the molecule is Cc1ccc(C2(NC(=O)C3C(C(=O)NCCN4CCN(C)CC4)C4CCC3C43CC3)CC2)cc1. The molecule has 1 aromatic carbocycles. The number of likely N-dealkylation sites (N-methyl/N-ethyl adjacent to an activating group) is 1. The first-order valence-electron chi connectivity index (χ1n) is 13.5. The van der Waals surface area contributed by atoms with Gasteiger partial charge in [-0.2, -0.15) is 0 Å². The van der Waals surface area contributed by atoms with Gasteiger partial charge in [-0.05, 0) is 75.3 Å². The van der Waals surface area contributed by atoms with Crippen LogP contribution in [0.1, 0.15) is 49.7 Å². The smallest absolute Gasteiger partial charge is 0.224 e. The van der Waals surface area contributed by atoms with Crippen LogP contribution in [-0.4, -0.2) is 67.9 Å². The summed E-state index contributed by atoms with van der Waals surface area (Å²) < 4.78 is 0. The van der Waals surface area contributed by atoms with Gasteiger partial charge in [0.25, 0.3) is 0 Å². The van der Waals surface area contributed by atoms with Crippen LogP contribution >= 0.6 is 0 Å². The van der Waals surface area contributed by atoms with Crippen LogP contribution in [0.3, 0.4) is 0 Å². The predicted molar refractivity (Wildman–Crippen MR) is 132 cm³/mol. The minimum absolute atomic E-state index is 0.132. The standard InChI is InChI=1S/C28H40N4O2/c1-19-3-5-20(6-4-19)28(11-12-28)30-26(34)24-22-8-7-21(27(22)9-10-27)23(24)25(33)29-13-14-32-17-15-31(2)16-18-32/h3-6,21-24H,7-18H2,1-2H3,(H,29,33)(H,30,34). The molecular weight excluding hydrogens is 424 g/mol. The molecule has 4 aliphatic carbocycles. The van der Waals surface area contributed by atoms with E-state index in [2.05, 4.69) is 58.7 Å². The molecule has 1 spiro atoms. The number of piperazine rings is 1. The number of hydrogen-bond donors (Lipinski definition) is 2. The first kappa shape index (κ1) is 22.5. The van der Waals surface area contributed by atoms with Gasteiger partial charge in [0.15, 0.2) is 0 Å². The molecule has 6 heteroatoms. The molecule has 1 aliphatic heterocycles. The maximum Gasteiger partial charge on any atom is 0.224 e. The molecule has 4 atom stereocenters. The number of rotatable bonds is 7. The topological polar surface area (TPSA) is 64.7 Å². The third-order valence-corrected chi connectivity index (χ3v) is 9.99. The Bertz CT molecular complexity index is 944. The molecule has 0 radical (unpaired) electrons. The van der Waals surface area contributed by atoms with Crippen molar-refractivity contribution in [3.63, 3.8) is 0 Å². The lowest BCUT2D eigenvalue weighted by Gasteiger charge is -2.33. The van der Waals surface area contributed by atoms with E-state index in [1.54, 1.807) is 0 Å². The second kappa shape index (κ2) is 8.34. The summed E-state index contributed by atoms with van der Waals surface area (Å²) >= 11 is 0. The van der Waals surface area contributed by atoms with Crippen molar-refractivity contribution in [3.8, 4) is 0 Å².